The van der Waals surface area contributed by atoms with E-state index in [0.717, 1.165) is 39.0 Å². The number of hydrogen-bond donors (Lipinski definition) is 1. The van der Waals surface area contributed by atoms with Gasteiger partial charge >= 0.3 is 0 Å². The lowest BCUT2D eigenvalue weighted by molar-refractivity contribution is -0.136. The fraction of sp³-hybridized carbons (Fsp3) is 0.917. The van der Waals surface area contributed by atoms with Crippen molar-refractivity contribution in [2.75, 3.05) is 26.2 Å². The summed E-state index contributed by atoms with van der Waals surface area (Å²) in [5.74, 6) is 0.684. The predicted molar refractivity (Wildman–Crippen MR) is 68.7 cm³/mol. The van der Waals surface area contributed by atoms with E-state index in [1.165, 1.54) is 0 Å². The normalized spacial score (nSPS) is 32.8. The first-order chi connectivity index (χ1) is 7.66. The second-order valence-electron chi connectivity index (χ2n) is 5.02. The van der Waals surface area contributed by atoms with Gasteiger partial charge in [0.1, 0.15) is 0 Å². The van der Waals surface area contributed by atoms with Crippen molar-refractivity contribution < 1.29 is 4.79 Å². The van der Waals surface area contributed by atoms with Crippen LogP contribution in [-0.4, -0.2) is 47.5 Å². The van der Waals surface area contributed by atoms with Crippen LogP contribution >= 0.6 is 11.8 Å². The van der Waals surface area contributed by atoms with Crippen LogP contribution in [0.4, 0.5) is 0 Å². The summed E-state index contributed by atoms with van der Waals surface area (Å²) in [5.41, 5.74) is 0. The number of nitrogens with one attached hydrogen (secondary N) is 1. The molecule has 0 aromatic heterocycles. The van der Waals surface area contributed by atoms with Crippen LogP contribution in [0.3, 0.4) is 0 Å². The highest BCUT2D eigenvalue weighted by molar-refractivity contribution is 8.00. The van der Waals surface area contributed by atoms with Crippen molar-refractivity contribution in [1.29, 1.82) is 0 Å². The van der Waals surface area contributed by atoms with E-state index in [1.807, 2.05) is 11.8 Å². The van der Waals surface area contributed by atoms with Crippen molar-refractivity contribution in [3.8, 4) is 0 Å². The maximum Gasteiger partial charge on any atom is 0.225 e. The summed E-state index contributed by atoms with van der Waals surface area (Å²) in [5, 5.41) is 4.50. The average molecular weight is 242 g/mol. The molecule has 2 atom stereocenters. The zero-order valence-corrected chi connectivity index (χ0v) is 11.1. The van der Waals surface area contributed by atoms with Crippen LogP contribution in [0.2, 0.25) is 0 Å². The summed E-state index contributed by atoms with van der Waals surface area (Å²) in [6.07, 6.45) is 2.04. The largest absolute Gasteiger partial charge is 0.340 e. The Balaban J connectivity index is 1.92. The van der Waals surface area contributed by atoms with Gasteiger partial charge in [-0.05, 0) is 25.9 Å². The molecule has 16 heavy (non-hydrogen) atoms. The van der Waals surface area contributed by atoms with Crippen LogP contribution in [0.25, 0.3) is 0 Å². The molecule has 0 spiro atoms. The summed E-state index contributed by atoms with van der Waals surface area (Å²) < 4.78 is 0. The molecule has 2 heterocycles. The second kappa shape index (κ2) is 5.41. The predicted octanol–water partition coefficient (Wildman–Crippen LogP) is 1.34. The number of nitrogens with zero attached hydrogens (tertiary/aromatic N) is 1. The highest BCUT2D eigenvalue weighted by Gasteiger charge is 2.30. The van der Waals surface area contributed by atoms with Gasteiger partial charge in [0.25, 0.3) is 0 Å². The van der Waals surface area contributed by atoms with Crippen LogP contribution in [0.15, 0.2) is 0 Å². The Bertz CT molecular complexity index is 243. The molecular formula is C12H22N2OS. The van der Waals surface area contributed by atoms with Crippen molar-refractivity contribution in [1.82, 2.24) is 10.2 Å². The van der Waals surface area contributed by atoms with Crippen molar-refractivity contribution in [2.24, 2.45) is 5.92 Å². The van der Waals surface area contributed by atoms with Crippen molar-refractivity contribution in [2.45, 2.75) is 37.2 Å². The zero-order chi connectivity index (χ0) is 11.5. The van der Waals surface area contributed by atoms with Crippen LogP contribution in [0.5, 0.6) is 0 Å². The molecule has 0 radical (unpaired) electrons. The minimum atomic E-state index is 0.281. The summed E-state index contributed by atoms with van der Waals surface area (Å²) >= 11 is 2.00. The van der Waals surface area contributed by atoms with Gasteiger partial charge in [-0.25, -0.2) is 0 Å². The highest BCUT2D eigenvalue weighted by Crippen LogP contribution is 2.26. The van der Waals surface area contributed by atoms with Crippen molar-refractivity contribution in [3.05, 3.63) is 0 Å². The van der Waals surface area contributed by atoms with Crippen LogP contribution in [0.1, 0.15) is 26.7 Å². The smallest absolute Gasteiger partial charge is 0.225 e. The quantitative estimate of drug-likeness (QED) is 0.753. The van der Waals surface area contributed by atoms with Crippen molar-refractivity contribution >= 4 is 17.7 Å². The third-order valence-electron chi connectivity index (χ3n) is 3.42. The standard InChI is InChI=1S/C12H22N2OS/c1-9-7-14(8-10(2)16-9)12(15)11-3-5-13-6-4-11/h9-11,13H,3-8H2,1-2H3. The SMILES string of the molecule is CC1CN(C(=O)C2CCNCC2)CC(C)S1. The molecule has 1 amide bonds. The average Bonchev–Trinajstić information content (AvgIpc) is 2.28. The lowest BCUT2D eigenvalue weighted by Crippen LogP contribution is -2.48. The molecule has 2 fully saturated rings. The Hall–Kier alpha value is -0.220. The van der Waals surface area contributed by atoms with Gasteiger partial charge in [-0.3, -0.25) is 4.79 Å². The Labute approximate surface area is 102 Å². The first-order valence-corrected chi connectivity index (χ1v) is 7.26. The second-order valence-corrected chi connectivity index (χ2v) is 6.91. The molecule has 2 saturated heterocycles. The van der Waals surface area contributed by atoms with E-state index in [1.54, 1.807) is 0 Å². The molecule has 0 aliphatic carbocycles. The zero-order valence-electron chi connectivity index (χ0n) is 10.2. The molecule has 0 aromatic rings. The van der Waals surface area contributed by atoms with Gasteiger partial charge in [-0.1, -0.05) is 13.8 Å². The first kappa shape index (κ1) is 12.2. The molecule has 0 bridgehead atoms. The van der Waals surface area contributed by atoms with Gasteiger partial charge in [-0.15, -0.1) is 0 Å². The third-order valence-corrected chi connectivity index (χ3v) is 4.65. The van der Waals surface area contributed by atoms with E-state index in [0.29, 0.717) is 16.4 Å². The number of carbonyl (C=O) groups is 1. The molecule has 3 nitrogen and oxygen atoms in total. The van der Waals surface area contributed by atoms with Crippen LogP contribution in [0, 0.1) is 5.92 Å². The van der Waals surface area contributed by atoms with Gasteiger partial charge < -0.3 is 10.2 Å². The van der Waals surface area contributed by atoms with Gasteiger partial charge in [0.05, 0.1) is 0 Å². The lowest BCUT2D eigenvalue weighted by Gasteiger charge is -2.37. The topological polar surface area (TPSA) is 32.3 Å². The highest BCUT2D eigenvalue weighted by atomic mass is 32.2. The number of amides is 1. The molecule has 0 aromatic carbocycles. The minimum Gasteiger partial charge on any atom is -0.340 e. The fourth-order valence-corrected chi connectivity index (χ4v) is 4.01. The van der Waals surface area contributed by atoms with Gasteiger partial charge in [-0.2, -0.15) is 11.8 Å². The summed E-state index contributed by atoms with van der Waals surface area (Å²) in [6, 6.07) is 0. The number of thioether (sulfide) groups is 1. The monoisotopic (exact) mass is 242 g/mol. The van der Waals surface area contributed by atoms with Gasteiger partial charge in [0, 0.05) is 29.5 Å². The number of hydrogen-bond acceptors (Lipinski definition) is 3. The maximum absolute atomic E-state index is 12.3. The molecule has 92 valence electrons. The molecule has 2 rings (SSSR count). The molecule has 4 heteroatoms. The van der Waals surface area contributed by atoms with Crippen LogP contribution < -0.4 is 5.32 Å². The van der Waals surface area contributed by atoms with Gasteiger partial charge in [0.2, 0.25) is 5.91 Å². The van der Waals surface area contributed by atoms with E-state index in [2.05, 4.69) is 24.1 Å². The Morgan fingerprint density at radius 2 is 1.75 bits per heavy atom. The molecule has 2 aliphatic rings. The van der Waals surface area contributed by atoms with Gasteiger partial charge in [0.15, 0.2) is 0 Å². The number of piperidine rings is 1. The third kappa shape index (κ3) is 2.92. The number of rotatable bonds is 1. The molecule has 0 saturated carbocycles. The van der Waals surface area contributed by atoms with Crippen molar-refractivity contribution in [3.63, 3.8) is 0 Å². The lowest BCUT2D eigenvalue weighted by atomic mass is 9.96. The first-order valence-electron chi connectivity index (χ1n) is 6.32. The summed E-state index contributed by atoms with van der Waals surface area (Å²) in [7, 11) is 0. The minimum absolute atomic E-state index is 0.281. The number of carbonyl (C=O) groups excluding carboxylic acids is 1. The Kier molecular flexibility index (Phi) is 4.14. The van der Waals surface area contributed by atoms with E-state index >= 15 is 0 Å². The van der Waals surface area contributed by atoms with E-state index < -0.39 is 0 Å². The molecule has 2 aliphatic heterocycles. The maximum atomic E-state index is 12.3. The van der Waals surface area contributed by atoms with Crippen LogP contribution in [-0.2, 0) is 4.79 Å². The Morgan fingerprint density at radius 1 is 1.19 bits per heavy atom. The summed E-state index contributed by atoms with van der Waals surface area (Å²) in [6.45, 7) is 8.34. The van der Waals surface area contributed by atoms with E-state index in [4.69, 9.17) is 0 Å². The molecule has 1 N–H and O–H groups in total. The van der Waals surface area contributed by atoms with E-state index in [-0.39, 0.29) is 5.92 Å². The Morgan fingerprint density at radius 3 is 2.31 bits per heavy atom. The fourth-order valence-electron chi connectivity index (χ4n) is 2.68. The molecular weight excluding hydrogens is 220 g/mol. The molecule has 2 unspecified atom stereocenters. The summed E-state index contributed by atoms with van der Waals surface area (Å²) in [4.78, 5) is 14.4. The van der Waals surface area contributed by atoms with E-state index in [9.17, 15) is 4.79 Å².